The Morgan fingerprint density at radius 3 is 2.64 bits per heavy atom. The third-order valence-corrected chi connectivity index (χ3v) is 5.05. The van der Waals surface area contributed by atoms with E-state index in [0.29, 0.717) is 18.7 Å². The molecular weight excluding hydrogens is 447 g/mol. The Bertz CT molecular complexity index is 565. The van der Waals surface area contributed by atoms with E-state index in [2.05, 4.69) is 41.3 Å². The zero-order chi connectivity index (χ0) is 17.4. The fourth-order valence-electron chi connectivity index (χ4n) is 2.65. The second-order valence-electron chi connectivity index (χ2n) is 6.39. The number of hydrogen-bond donors (Lipinski definition) is 2. The van der Waals surface area contributed by atoms with E-state index in [9.17, 15) is 4.79 Å². The summed E-state index contributed by atoms with van der Waals surface area (Å²) >= 11 is 2.01. The van der Waals surface area contributed by atoms with Gasteiger partial charge in [-0.2, -0.15) is 11.8 Å². The van der Waals surface area contributed by atoms with Crippen molar-refractivity contribution in [2.75, 3.05) is 38.5 Å². The average molecular weight is 476 g/mol. The Morgan fingerprint density at radius 1 is 1.28 bits per heavy atom. The van der Waals surface area contributed by atoms with Crippen molar-refractivity contribution >= 4 is 47.6 Å². The molecule has 0 atom stereocenters. The van der Waals surface area contributed by atoms with Gasteiger partial charge in [0, 0.05) is 42.2 Å². The number of benzene rings is 1. The minimum atomic E-state index is -0.0497. The molecule has 0 unspecified atom stereocenters. The minimum absolute atomic E-state index is 0. The van der Waals surface area contributed by atoms with Crippen LogP contribution in [-0.4, -0.2) is 60.0 Å². The van der Waals surface area contributed by atoms with E-state index in [4.69, 9.17) is 0 Å². The van der Waals surface area contributed by atoms with Crippen LogP contribution in [0.4, 0.5) is 0 Å². The van der Waals surface area contributed by atoms with E-state index in [0.717, 1.165) is 31.3 Å². The van der Waals surface area contributed by atoms with Gasteiger partial charge in [0.25, 0.3) is 5.91 Å². The first kappa shape index (κ1) is 22.1. The molecule has 0 spiro atoms. The number of hydrogen-bond acceptors (Lipinski definition) is 3. The molecule has 1 aromatic rings. The molecule has 1 aliphatic heterocycles. The molecule has 0 radical (unpaired) electrons. The smallest absolute Gasteiger partial charge is 0.251 e. The van der Waals surface area contributed by atoms with Gasteiger partial charge in [-0.3, -0.25) is 9.79 Å². The molecule has 0 aliphatic carbocycles. The monoisotopic (exact) mass is 476 g/mol. The fourth-order valence-corrected chi connectivity index (χ4v) is 3.76. The second kappa shape index (κ2) is 10.9. The lowest BCUT2D eigenvalue weighted by atomic mass is 10.2. The number of thioether (sulfide) groups is 1. The van der Waals surface area contributed by atoms with Crippen LogP contribution in [0.15, 0.2) is 35.3 Å². The fraction of sp³-hybridized carbons (Fsp3) is 0.556. The number of nitrogens with zero attached hydrogens (tertiary/aromatic N) is 2. The van der Waals surface area contributed by atoms with Crippen molar-refractivity contribution in [2.24, 2.45) is 4.99 Å². The SMILES string of the molecule is CCNC(=NCCNC(=O)c1ccccc1)N1CCSC(C)(C)C1.I. The van der Waals surface area contributed by atoms with Crippen molar-refractivity contribution < 1.29 is 4.79 Å². The third-order valence-electron chi connectivity index (χ3n) is 3.75. The molecule has 1 saturated heterocycles. The summed E-state index contributed by atoms with van der Waals surface area (Å²) in [5.41, 5.74) is 0.684. The summed E-state index contributed by atoms with van der Waals surface area (Å²) in [5, 5.41) is 6.28. The molecule has 1 heterocycles. The number of carbonyl (C=O) groups excluding carboxylic acids is 1. The lowest BCUT2D eigenvalue weighted by Gasteiger charge is -2.39. The molecule has 2 rings (SSSR count). The number of carbonyl (C=O) groups is 1. The molecule has 1 amide bonds. The largest absolute Gasteiger partial charge is 0.357 e. The Kier molecular flexibility index (Phi) is 9.63. The molecule has 25 heavy (non-hydrogen) atoms. The number of amides is 1. The van der Waals surface area contributed by atoms with Crippen LogP contribution >= 0.6 is 35.7 Å². The number of nitrogens with one attached hydrogen (secondary N) is 2. The summed E-state index contributed by atoms with van der Waals surface area (Å²) < 4.78 is 0.246. The molecule has 5 nitrogen and oxygen atoms in total. The van der Waals surface area contributed by atoms with Crippen LogP contribution in [0.5, 0.6) is 0 Å². The highest BCUT2D eigenvalue weighted by Crippen LogP contribution is 2.29. The van der Waals surface area contributed by atoms with Gasteiger partial charge in [-0.15, -0.1) is 24.0 Å². The summed E-state index contributed by atoms with van der Waals surface area (Å²) in [6, 6.07) is 9.27. The number of halogens is 1. The van der Waals surface area contributed by atoms with Gasteiger partial charge >= 0.3 is 0 Å². The molecule has 140 valence electrons. The summed E-state index contributed by atoms with van der Waals surface area (Å²) in [6.45, 7) is 10.6. The number of aliphatic imine (C=N–C) groups is 1. The highest BCUT2D eigenvalue weighted by atomic mass is 127. The summed E-state index contributed by atoms with van der Waals surface area (Å²) in [4.78, 5) is 19.0. The summed E-state index contributed by atoms with van der Waals surface area (Å²) in [6.07, 6.45) is 0. The lowest BCUT2D eigenvalue weighted by Crippen LogP contribution is -2.51. The third kappa shape index (κ3) is 7.43. The zero-order valence-corrected chi connectivity index (χ0v) is 18.4. The molecule has 1 fully saturated rings. The topological polar surface area (TPSA) is 56.7 Å². The molecule has 1 aromatic carbocycles. The maximum absolute atomic E-state index is 12.0. The maximum Gasteiger partial charge on any atom is 0.251 e. The Morgan fingerprint density at radius 2 is 2.00 bits per heavy atom. The van der Waals surface area contributed by atoms with Crippen LogP contribution in [0.25, 0.3) is 0 Å². The Balaban J connectivity index is 0.00000312. The minimum Gasteiger partial charge on any atom is -0.357 e. The maximum atomic E-state index is 12.0. The Labute approximate surface area is 172 Å². The molecule has 0 bridgehead atoms. The van der Waals surface area contributed by atoms with Gasteiger partial charge in [-0.05, 0) is 32.9 Å². The van der Waals surface area contributed by atoms with Crippen molar-refractivity contribution in [3.63, 3.8) is 0 Å². The van der Waals surface area contributed by atoms with E-state index in [1.54, 1.807) is 0 Å². The van der Waals surface area contributed by atoms with Gasteiger partial charge in [-0.25, -0.2) is 0 Å². The van der Waals surface area contributed by atoms with Crippen molar-refractivity contribution in [3.05, 3.63) is 35.9 Å². The Hall–Kier alpha value is -0.960. The van der Waals surface area contributed by atoms with Crippen LogP contribution in [0.3, 0.4) is 0 Å². The van der Waals surface area contributed by atoms with Crippen LogP contribution in [0.2, 0.25) is 0 Å². The van der Waals surface area contributed by atoms with Gasteiger partial charge in [0.05, 0.1) is 6.54 Å². The van der Waals surface area contributed by atoms with Gasteiger partial charge < -0.3 is 15.5 Å². The van der Waals surface area contributed by atoms with Gasteiger partial charge in [0.2, 0.25) is 0 Å². The molecule has 0 saturated carbocycles. The lowest BCUT2D eigenvalue weighted by molar-refractivity contribution is 0.0955. The quantitative estimate of drug-likeness (QED) is 0.297. The van der Waals surface area contributed by atoms with Crippen LogP contribution in [-0.2, 0) is 0 Å². The van der Waals surface area contributed by atoms with Crippen LogP contribution < -0.4 is 10.6 Å². The first-order valence-electron chi connectivity index (χ1n) is 8.52. The van der Waals surface area contributed by atoms with Gasteiger partial charge in [-0.1, -0.05) is 18.2 Å². The first-order valence-corrected chi connectivity index (χ1v) is 9.51. The molecular formula is C18H29IN4OS. The van der Waals surface area contributed by atoms with Gasteiger partial charge in [0.1, 0.15) is 0 Å². The molecule has 0 aromatic heterocycles. The standard InChI is InChI=1S/C18H28N4OS.HI/c1-4-19-17(22-12-13-24-18(2,3)14-22)21-11-10-20-16(23)15-8-6-5-7-9-15;/h5-9H,4,10-14H2,1-3H3,(H,19,21)(H,20,23);1H. The van der Waals surface area contributed by atoms with E-state index < -0.39 is 0 Å². The summed E-state index contributed by atoms with van der Waals surface area (Å²) in [7, 11) is 0. The molecule has 2 N–H and O–H groups in total. The second-order valence-corrected chi connectivity index (χ2v) is 8.19. The summed E-state index contributed by atoms with van der Waals surface area (Å²) in [5.74, 6) is 2.01. The van der Waals surface area contributed by atoms with E-state index in [1.807, 2.05) is 42.1 Å². The average Bonchev–Trinajstić information content (AvgIpc) is 2.57. The molecule has 1 aliphatic rings. The van der Waals surface area contributed by atoms with E-state index >= 15 is 0 Å². The predicted octanol–water partition coefficient (Wildman–Crippen LogP) is 2.83. The normalized spacial score (nSPS) is 16.8. The van der Waals surface area contributed by atoms with Crippen molar-refractivity contribution in [2.45, 2.75) is 25.5 Å². The van der Waals surface area contributed by atoms with Crippen LogP contribution in [0, 0.1) is 0 Å². The zero-order valence-electron chi connectivity index (χ0n) is 15.2. The van der Waals surface area contributed by atoms with Gasteiger partial charge in [0.15, 0.2) is 5.96 Å². The highest BCUT2D eigenvalue weighted by molar-refractivity contribution is 14.0. The highest BCUT2D eigenvalue weighted by Gasteiger charge is 2.28. The first-order chi connectivity index (χ1) is 11.5. The van der Waals surface area contributed by atoms with Crippen molar-refractivity contribution in [1.29, 1.82) is 0 Å². The van der Waals surface area contributed by atoms with Crippen molar-refractivity contribution in [3.8, 4) is 0 Å². The van der Waals surface area contributed by atoms with Crippen LogP contribution in [0.1, 0.15) is 31.1 Å². The molecule has 7 heteroatoms. The van der Waals surface area contributed by atoms with E-state index in [1.165, 1.54) is 0 Å². The number of rotatable bonds is 5. The van der Waals surface area contributed by atoms with E-state index in [-0.39, 0.29) is 34.6 Å². The predicted molar refractivity (Wildman–Crippen MR) is 118 cm³/mol. The van der Waals surface area contributed by atoms with Crippen molar-refractivity contribution in [1.82, 2.24) is 15.5 Å². The number of guanidine groups is 1.